The third kappa shape index (κ3) is 3.51. The zero-order chi connectivity index (χ0) is 18.1. The third-order valence-electron chi connectivity index (χ3n) is 5.04. The fourth-order valence-corrected chi connectivity index (χ4v) is 4.33. The average molecular weight is 369 g/mol. The number of rotatable bonds is 4. The number of para-hydroxylation sites is 1. The quantitative estimate of drug-likeness (QED) is 0.824. The number of hydrogen-bond donors (Lipinski definition) is 0. The number of thiazole rings is 1. The van der Waals surface area contributed by atoms with Crippen LogP contribution in [0.25, 0.3) is 0 Å². The van der Waals surface area contributed by atoms with E-state index in [0.29, 0.717) is 11.7 Å². The van der Waals surface area contributed by atoms with Gasteiger partial charge in [0.15, 0.2) is 5.13 Å². The van der Waals surface area contributed by atoms with Crippen LogP contribution in [0.3, 0.4) is 0 Å². The number of aromatic nitrogens is 1. The highest BCUT2D eigenvalue weighted by molar-refractivity contribution is 7.14. The lowest BCUT2D eigenvalue weighted by molar-refractivity contribution is -0.136. The summed E-state index contributed by atoms with van der Waals surface area (Å²) in [6, 6.07) is 9.67. The van der Waals surface area contributed by atoms with E-state index < -0.39 is 0 Å². The number of carbonyl (C=O) groups excluding carboxylic acids is 2. The van der Waals surface area contributed by atoms with E-state index in [1.165, 1.54) is 11.3 Å². The number of anilines is 2. The van der Waals surface area contributed by atoms with Gasteiger partial charge in [-0.25, -0.2) is 4.98 Å². The monoisotopic (exact) mass is 369 g/mol. The Kier molecular flexibility index (Phi) is 4.76. The zero-order valence-electron chi connectivity index (χ0n) is 14.9. The van der Waals surface area contributed by atoms with Gasteiger partial charge in [-0.1, -0.05) is 18.2 Å². The summed E-state index contributed by atoms with van der Waals surface area (Å²) in [7, 11) is 0. The van der Waals surface area contributed by atoms with Crippen molar-refractivity contribution in [2.45, 2.75) is 32.6 Å². The molecule has 1 saturated carbocycles. The van der Waals surface area contributed by atoms with E-state index in [1.54, 1.807) is 4.90 Å². The predicted octanol–water partition coefficient (Wildman–Crippen LogP) is 3.76. The molecule has 26 heavy (non-hydrogen) atoms. The molecule has 0 bridgehead atoms. The summed E-state index contributed by atoms with van der Waals surface area (Å²) in [6.45, 7) is 3.24. The van der Waals surface area contributed by atoms with Crippen molar-refractivity contribution < 1.29 is 9.59 Å². The van der Waals surface area contributed by atoms with Gasteiger partial charge in [0, 0.05) is 24.4 Å². The molecule has 2 amide bonds. The Balaban J connectivity index is 1.58. The van der Waals surface area contributed by atoms with Crippen LogP contribution in [0.1, 0.15) is 31.4 Å². The lowest BCUT2D eigenvalue weighted by Crippen LogP contribution is -2.46. The van der Waals surface area contributed by atoms with E-state index in [0.717, 1.165) is 43.6 Å². The van der Waals surface area contributed by atoms with Crippen LogP contribution >= 0.6 is 11.3 Å². The molecular formula is C20H23N3O2S. The van der Waals surface area contributed by atoms with Gasteiger partial charge in [-0.15, -0.1) is 11.3 Å². The van der Waals surface area contributed by atoms with E-state index in [1.807, 2.05) is 47.5 Å². The van der Waals surface area contributed by atoms with Crippen LogP contribution in [0.2, 0.25) is 0 Å². The zero-order valence-corrected chi connectivity index (χ0v) is 15.7. The van der Waals surface area contributed by atoms with Crippen LogP contribution in [-0.2, 0) is 9.59 Å². The van der Waals surface area contributed by atoms with Crippen molar-refractivity contribution in [2.75, 3.05) is 18.0 Å². The third-order valence-corrected chi connectivity index (χ3v) is 5.99. The molecule has 0 N–H and O–H groups in total. The van der Waals surface area contributed by atoms with Gasteiger partial charge in [-0.3, -0.25) is 14.5 Å². The fraction of sp³-hybridized carbons (Fsp3) is 0.450. The highest BCUT2D eigenvalue weighted by Crippen LogP contribution is 2.35. The lowest BCUT2D eigenvalue weighted by atomic mass is 9.96. The number of carbonyl (C=O) groups is 2. The minimum Gasteiger partial charge on any atom is -0.342 e. The van der Waals surface area contributed by atoms with Crippen molar-refractivity contribution in [3.63, 3.8) is 0 Å². The van der Waals surface area contributed by atoms with Gasteiger partial charge in [0.2, 0.25) is 11.8 Å². The van der Waals surface area contributed by atoms with Gasteiger partial charge in [0.25, 0.3) is 0 Å². The number of benzene rings is 1. The number of amides is 2. The van der Waals surface area contributed by atoms with Crippen molar-refractivity contribution in [1.29, 1.82) is 0 Å². The molecule has 1 aliphatic carbocycles. The van der Waals surface area contributed by atoms with Gasteiger partial charge >= 0.3 is 0 Å². The van der Waals surface area contributed by atoms with Crippen LogP contribution in [0.5, 0.6) is 0 Å². The largest absolute Gasteiger partial charge is 0.342 e. The molecule has 2 aliphatic rings. The molecule has 5 nitrogen and oxygen atoms in total. The lowest BCUT2D eigenvalue weighted by Gasteiger charge is -2.34. The van der Waals surface area contributed by atoms with Gasteiger partial charge in [0.1, 0.15) is 0 Å². The molecular weight excluding hydrogens is 346 g/mol. The second kappa shape index (κ2) is 7.19. The first-order valence-corrected chi connectivity index (χ1v) is 10.1. The van der Waals surface area contributed by atoms with E-state index in [9.17, 15) is 9.59 Å². The van der Waals surface area contributed by atoms with Crippen molar-refractivity contribution in [1.82, 2.24) is 9.88 Å². The second-order valence-electron chi connectivity index (χ2n) is 7.18. The topological polar surface area (TPSA) is 53.5 Å². The summed E-state index contributed by atoms with van der Waals surface area (Å²) in [4.78, 5) is 34.0. The Labute approximate surface area is 157 Å². The van der Waals surface area contributed by atoms with Gasteiger partial charge in [-0.2, -0.15) is 0 Å². The maximum atomic E-state index is 13.4. The molecule has 2 aromatic rings. The molecule has 1 saturated heterocycles. The Morgan fingerprint density at radius 2 is 1.92 bits per heavy atom. The molecule has 1 aliphatic heterocycles. The van der Waals surface area contributed by atoms with E-state index in [2.05, 4.69) is 4.98 Å². The van der Waals surface area contributed by atoms with E-state index >= 15 is 0 Å². The van der Waals surface area contributed by atoms with Gasteiger partial charge in [-0.05, 0) is 44.7 Å². The summed E-state index contributed by atoms with van der Waals surface area (Å²) in [5.74, 6) is 0.309. The molecule has 1 aromatic carbocycles. The first-order chi connectivity index (χ1) is 12.6. The first kappa shape index (κ1) is 17.2. The second-order valence-corrected chi connectivity index (χ2v) is 8.01. The summed E-state index contributed by atoms with van der Waals surface area (Å²) in [5, 5.41) is 2.66. The van der Waals surface area contributed by atoms with Gasteiger partial charge < -0.3 is 4.90 Å². The molecule has 2 fully saturated rings. The van der Waals surface area contributed by atoms with Crippen molar-refractivity contribution in [2.24, 2.45) is 11.8 Å². The first-order valence-electron chi connectivity index (χ1n) is 9.23. The number of hydrogen-bond acceptors (Lipinski definition) is 4. The Hall–Kier alpha value is -2.21. The average Bonchev–Trinajstić information content (AvgIpc) is 3.44. The summed E-state index contributed by atoms with van der Waals surface area (Å²) in [6.07, 6.45) is 3.71. The smallest absolute Gasteiger partial charge is 0.238 e. The molecule has 1 unspecified atom stereocenters. The van der Waals surface area contributed by atoms with Crippen molar-refractivity contribution in [3.05, 3.63) is 41.4 Å². The molecule has 0 spiro atoms. The molecule has 1 aromatic heterocycles. The molecule has 1 atom stereocenters. The van der Waals surface area contributed by atoms with Crippen LogP contribution in [0.15, 0.2) is 35.7 Å². The van der Waals surface area contributed by atoms with Gasteiger partial charge in [0.05, 0.1) is 17.3 Å². The Bertz CT molecular complexity index is 800. The minimum absolute atomic E-state index is 0.0406. The number of piperidine rings is 1. The minimum atomic E-state index is -0.170. The SMILES string of the molecule is Cc1csc(N(C(=O)C2CCCN(C(=O)C3CC3)C2)c2ccccc2)n1. The number of aryl methyl sites for hydroxylation is 1. The summed E-state index contributed by atoms with van der Waals surface area (Å²) < 4.78 is 0. The number of nitrogens with zero attached hydrogens (tertiary/aromatic N) is 3. The number of likely N-dealkylation sites (tertiary alicyclic amines) is 1. The van der Waals surface area contributed by atoms with Crippen molar-refractivity contribution in [3.8, 4) is 0 Å². The normalized spacial score (nSPS) is 20.0. The highest BCUT2D eigenvalue weighted by atomic mass is 32.1. The fourth-order valence-electron chi connectivity index (χ4n) is 3.50. The van der Waals surface area contributed by atoms with E-state index in [-0.39, 0.29) is 23.7 Å². The highest BCUT2D eigenvalue weighted by Gasteiger charge is 2.38. The molecule has 2 heterocycles. The van der Waals surface area contributed by atoms with Crippen LogP contribution in [-0.4, -0.2) is 34.8 Å². The van der Waals surface area contributed by atoms with Crippen LogP contribution in [0, 0.1) is 18.8 Å². The van der Waals surface area contributed by atoms with E-state index in [4.69, 9.17) is 0 Å². The predicted molar refractivity (Wildman–Crippen MR) is 102 cm³/mol. The van der Waals surface area contributed by atoms with Crippen LogP contribution < -0.4 is 4.90 Å². The standard InChI is InChI=1S/C20H23N3O2S/c1-14-13-26-20(21-14)23(17-7-3-2-4-8-17)19(25)16-6-5-11-22(12-16)18(24)15-9-10-15/h2-4,7-8,13,15-16H,5-6,9-12H2,1H3. The molecule has 6 heteroatoms. The summed E-state index contributed by atoms with van der Waals surface area (Å²) >= 11 is 1.48. The summed E-state index contributed by atoms with van der Waals surface area (Å²) in [5.41, 5.74) is 1.74. The Morgan fingerprint density at radius 3 is 2.58 bits per heavy atom. The molecule has 0 radical (unpaired) electrons. The molecule has 4 rings (SSSR count). The maximum Gasteiger partial charge on any atom is 0.238 e. The Morgan fingerprint density at radius 1 is 1.15 bits per heavy atom. The van der Waals surface area contributed by atoms with Crippen molar-refractivity contribution >= 4 is 34.0 Å². The van der Waals surface area contributed by atoms with Crippen LogP contribution in [0.4, 0.5) is 10.8 Å². The maximum absolute atomic E-state index is 13.4. The molecule has 136 valence electrons.